The SMILES string of the molecule is O=C(Nc1ccc2c(c1)CCC2)NC1CCC(O)CC1. The summed E-state index contributed by atoms with van der Waals surface area (Å²) in [6, 6.07) is 6.24. The predicted octanol–water partition coefficient (Wildman–Crippen LogP) is 2.60. The normalized spacial score (nSPS) is 25.1. The van der Waals surface area contributed by atoms with E-state index in [1.54, 1.807) is 0 Å². The lowest BCUT2D eigenvalue weighted by Gasteiger charge is -2.26. The van der Waals surface area contributed by atoms with E-state index in [9.17, 15) is 9.90 Å². The van der Waals surface area contributed by atoms with Crippen LogP contribution in [0.15, 0.2) is 18.2 Å². The van der Waals surface area contributed by atoms with Gasteiger partial charge < -0.3 is 15.7 Å². The van der Waals surface area contributed by atoms with Crippen molar-refractivity contribution in [2.75, 3.05) is 5.32 Å². The molecule has 2 amide bonds. The molecule has 2 aliphatic carbocycles. The maximum absolute atomic E-state index is 12.0. The number of hydrogen-bond donors (Lipinski definition) is 3. The predicted molar refractivity (Wildman–Crippen MR) is 78.9 cm³/mol. The Bertz CT molecular complexity index is 493. The van der Waals surface area contributed by atoms with Crippen LogP contribution in [0.2, 0.25) is 0 Å². The van der Waals surface area contributed by atoms with E-state index in [1.807, 2.05) is 6.07 Å². The zero-order valence-corrected chi connectivity index (χ0v) is 11.7. The van der Waals surface area contributed by atoms with E-state index >= 15 is 0 Å². The van der Waals surface area contributed by atoms with Crippen LogP contribution in [-0.4, -0.2) is 23.3 Å². The molecule has 1 fully saturated rings. The number of urea groups is 1. The third-order valence-corrected chi connectivity index (χ3v) is 4.39. The van der Waals surface area contributed by atoms with E-state index in [0.29, 0.717) is 0 Å². The molecule has 0 atom stereocenters. The molecule has 2 aliphatic rings. The summed E-state index contributed by atoms with van der Waals surface area (Å²) in [4.78, 5) is 12.0. The molecule has 0 aliphatic heterocycles. The van der Waals surface area contributed by atoms with Crippen molar-refractivity contribution in [3.05, 3.63) is 29.3 Å². The Morgan fingerprint density at radius 1 is 1.10 bits per heavy atom. The second-order valence-electron chi connectivity index (χ2n) is 5.94. The van der Waals surface area contributed by atoms with Crippen molar-refractivity contribution in [3.63, 3.8) is 0 Å². The average molecular weight is 274 g/mol. The average Bonchev–Trinajstić information content (AvgIpc) is 2.89. The van der Waals surface area contributed by atoms with Gasteiger partial charge in [0, 0.05) is 11.7 Å². The minimum atomic E-state index is -0.187. The molecule has 0 saturated heterocycles. The van der Waals surface area contributed by atoms with Crippen molar-refractivity contribution in [3.8, 4) is 0 Å². The maximum Gasteiger partial charge on any atom is 0.319 e. The Balaban J connectivity index is 1.54. The molecular weight excluding hydrogens is 252 g/mol. The van der Waals surface area contributed by atoms with E-state index in [2.05, 4.69) is 22.8 Å². The third-order valence-electron chi connectivity index (χ3n) is 4.39. The molecule has 4 nitrogen and oxygen atoms in total. The largest absolute Gasteiger partial charge is 0.393 e. The van der Waals surface area contributed by atoms with Crippen molar-refractivity contribution in [2.24, 2.45) is 0 Å². The Hall–Kier alpha value is -1.55. The Morgan fingerprint density at radius 2 is 1.85 bits per heavy atom. The van der Waals surface area contributed by atoms with Crippen LogP contribution in [0.3, 0.4) is 0 Å². The second kappa shape index (κ2) is 5.83. The van der Waals surface area contributed by atoms with Gasteiger partial charge in [0.25, 0.3) is 0 Å². The summed E-state index contributed by atoms with van der Waals surface area (Å²) in [5.74, 6) is 0. The minimum Gasteiger partial charge on any atom is -0.393 e. The van der Waals surface area contributed by atoms with Crippen molar-refractivity contribution < 1.29 is 9.90 Å². The molecule has 3 N–H and O–H groups in total. The minimum absolute atomic E-state index is 0.135. The van der Waals surface area contributed by atoms with Gasteiger partial charge in [0.1, 0.15) is 0 Å². The van der Waals surface area contributed by atoms with Gasteiger partial charge in [-0.3, -0.25) is 0 Å². The summed E-state index contributed by atoms with van der Waals surface area (Å²) in [6.45, 7) is 0. The maximum atomic E-state index is 12.0. The molecule has 4 heteroatoms. The fourth-order valence-electron chi connectivity index (χ4n) is 3.22. The van der Waals surface area contributed by atoms with E-state index in [4.69, 9.17) is 0 Å². The lowest BCUT2D eigenvalue weighted by molar-refractivity contribution is 0.118. The molecular formula is C16H22N2O2. The summed E-state index contributed by atoms with van der Waals surface area (Å²) < 4.78 is 0. The first-order chi connectivity index (χ1) is 9.70. The molecule has 20 heavy (non-hydrogen) atoms. The van der Waals surface area contributed by atoms with Crippen LogP contribution in [0.25, 0.3) is 0 Å². The zero-order valence-electron chi connectivity index (χ0n) is 11.7. The molecule has 108 valence electrons. The van der Waals surface area contributed by atoms with Crippen LogP contribution in [0.4, 0.5) is 10.5 Å². The van der Waals surface area contributed by atoms with Crippen molar-refractivity contribution in [1.29, 1.82) is 0 Å². The molecule has 0 radical (unpaired) electrons. The van der Waals surface area contributed by atoms with Crippen molar-refractivity contribution >= 4 is 11.7 Å². The van der Waals surface area contributed by atoms with Crippen molar-refractivity contribution in [2.45, 2.75) is 57.1 Å². The number of carbonyl (C=O) groups is 1. The topological polar surface area (TPSA) is 61.4 Å². The summed E-state index contributed by atoms with van der Waals surface area (Å²) in [6.07, 6.45) is 6.59. The van der Waals surface area contributed by atoms with Gasteiger partial charge in [-0.2, -0.15) is 0 Å². The zero-order chi connectivity index (χ0) is 13.9. The van der Waals surface area contributed by atoms with E-state index in [0.717, 1.165) is 44.2 Å². The van der Waals surface area contributed by atoms with Gasteiger partial charge in [-0.15, -0.1) is 0 Å². The molecule has 0 heterocycles. The molecule has 1 aromatic rings. The molecule has 1 aromatic carbocycles. The number of amides is 2. The van der Waals surface area contributed by atoms with E-state index < -0.39 is 0 Å². The van der Waals surface area contributed by atoms with Gasteiger partial charge in [0.05, 0.1) is 6.10 Å². The van der Waals surface area contributed by atoms with E-state index in [1.165, 1.54) is 17.5 Å². The summed E-state index contributed by atoms with van der Waals surface area (Å²) in [5.41, 5.74) is 3.65. The monoisotopic (exact) mass is 274 g/mol. The standard InChI is InChI=1S/C16H22N2O2/c19-15-8-6-13(7-9-15)17-16(20)18-14-5-4-11-2-1-3-12(11)10-14/h4-5,10,13,15,19H,1-3,6-9H2,(H2,17,18,20). The first-order valence-electron chi connectivity index (χ1n) is 7.58. The lowest BCUT2D eigenvalue weighted by Crippen LogP contribution is -2.40. The van der Waals surface area contributed by atoms with Crippen LogP contribution >= 0.6 is 0 Å². The molecule has 0 aromatic heterocycles. The Kier molecular flexibility index (Phi) is 3.92. The molecule has 0 unspecified atom stereocenters. The Labute approximate surface area is 119 Å². The summed E-state index contributed by atoms with van der Waals surface area (Å²) in [7, 11) is 0. The van der Waals surface area contributed by atoms with Crippen LogP contribution < -0.4 is 10.6 Å². The van der Waals surface area contributed by atoms with E-state index in [-0.39, 0.29) is 18.2 Å². The highest BCUT2D eigenvalue weighted by Gasteiger charge is 2.20. The fraction of sp³-hybridized carbons (Fsp3) is 0.562. The molecule has 0 bridgehead atoms. The van der Waals surface area contributed by atoms with Gasteiger partial charge in [-0.05, 0) is 68.2 Å². The number of hydrogen-bond acceptors (Lipinski definition) is 2. The van der Waals surface area contributed by atoms with Gasteiger partial charge >= 0.3 is 6.03 Å². The van der Waals surface area contributed by atoms with Crippen LogP contribution in [0, 0.1) is 0 Å². The fourth-order valence-corrected chi connectivity index (χ4v) is 3.22. The number of aliphatic hydroxyl groups excluding tert-OH is 1. The van der Waals surface area contributed by atoms with Crippen LogP contribution in [0.5, 0.6) is 0 Å². The van der Waals surface area contributed by atoms with Gasteiger partial charge in [0.15, 0.2) is 0 Å². The number of anilines is 1. The number of aryl methyl sites for hydroxylation is 2. The lowest BCUT2D eigenvalue weighted by atomic mass is 9.93. The molecule has 3 rings (SSSR count). The first kappa shape index (κ1) is 13.4. The quantitative estimate of drug-likeness (QED) is 0.776. The highest BCUT2D eigenvalue weighted by molar-refractivity contribution is 5.89. The number of carbonyl (C=O) groups excluding carboxylic acids is 1. The number of fused-ring (bicyclic) bond motifs is 1. The smallest absolute Gasteiger partial charge is 0.319 e. The highest BCUT2D eigenvalue weighted by Crippen LogP contribution is 2.25. The highest BCUT2D eigenvalue weighted by atomic mass is 16.3. The first-order valence-corrected chi connectivity index (χ1v) is 7.58. The number of rotatable bonds is 2. The van der Waals surface area contributed by atoms with Crippen molar-refractivity contribution in [1.82, 2.24) is 5.32 Å². The van der Waals surface area contributed by atoms with Crippen LogP contribution in [-0.2, 0) is 12.8 Å². The molecule has 0 spiro atoms. The molecule has 1 saturated carbocycles. The van der Waals surface area contributed by atoms with Gasteiger partial charge in [0.2, 0.25) is 0 Å². The van der Waals surface area contributed by atoms with Gasteiger partial charge in [-0.25, -0.2) is 4.79 Å². The number of benzene rings is 1. The summed E-state index contributed by atoms with van der Waals surface area (Å²) in [5, 5.41) is 15.4. The number of aliphatic hydroxyl groups is 1. The Morgan fingerprint density at radius 3 is 2.65 bits per heavy atom. The number of nitrogens with one attached hydrogen (secondary N) is 2. The summed E-state index contributed by atoms with van der Waals surface area (Å²) >= 11 is 0. The van der Waals surface area contributed by atoms with Crippen LogP contribution in [0.1, 0.15) is 43.2 Å². The third kappa shape index (κ3) is 3.12. The second-order valence-corrected chi connectivity index (χ2v) is 5.94. The van der Waals surface area contributed by atoms with Gasteiger partial charge in [-0.1, -0.05) is 6.07 Å².